The summed E-state index contributed by atoms with van der Waals surface area (Å²) in [6.45, 7) is 2.52. The lowest BCUT2D eigenvalue weighted by atomic mass is 10.0. The third-order valence-corrected chi connectivity index (χ3v) is 4.33. The minimum atomic E-state index is -0.909. The van der Waals surface area contributed by atoms with Gasteiger partial charge in [0.25, 0.3) is 0 Å². The maximum absolute atomic E-state index is 12.1. The Hall–Kier alpha value is -1.62. The van der Waals surface area contributed by atoms with Gasteiger partial charge in [-0.2, -0.15) is 0 Å². The summed E-state index contributed by atoms with van der Waals surface area (Å²) in [7, 11) is 0. The summed E-state index contributed by atoms with van der Waals surface area (Å²) < 4.78 is 0. The van der Waals surface area contributed by atoms with E-state index in [1.807, 2.05) is 18.4 Å². The molecular formula is C14H17NO3S. The summed E-state index contributed by atoms with van der Waals surface area (Å²) in [5, 5.41) is 11.1. The predicted octanol–water partition coefficient (Wildman–Crippen LogP) is 2.54. The van der Waals surface area contributed by atoms with Crippen LogP contribution < -0.4 is 0 Å². The first-order valence-corrected chi connectivity index (χ1v) is 7.23. The van der Waals surface area contributed by atoms with E-state index in [4.69, 9.17) is 5.11 Å². The van der Waals surface area contributed by atoms with Gasteiger partial charge in [-0.25, -0.2) is 4.79 Å². The molecule has 0 saturated carbocycles. The van der Waals surface area contributed by atoms with E-state index in [0.29, 0.717) is 13.0 Å². The summed E-state index contributed by atoms with van der Waals surface area (Å²) in [5.41, 5.74) is 1.13. The number of rotatable bonds is 3. The Bertz CT molecular complexity index is 507. The van der Waals surface area contributed by atoms with Gasteiger partial charge in [0, 0.05) is 17.5 Å². The zero-order valence-corrected chi connectivity index (χ0v) is 11.7. The Labute approximate surface area is 116 Å². The van der Waals surface area contributed by atoms with Crippen LogP contribution in [0.25, 0.3) is 6.08 Å². The van der Waals surface area contributed by atoms with Crippen molar-refractivity contribution in [2.45, 2.75) is 32.2 Å². The number of nitrogens with zero attached hydrogens (tertiary/aromatic N) is 1. The SMILES string of the molecule is Cc1ccsc1C=CC(=O)N1CCCC[C@H]1C(=O)O. The molecule has 1 aliphatic heterocycles. The number of carbonyl (C=O) groups excluding carboxylic acids is 1. The first-order chi connectivity index (χ1) is 9.09. The van der Waals surface area contributed by atoms with E-state index in [-0.39, 0.29) is 5.91 Å². The summed E-state index contributed by atoms with van der Waals surface area (Å²) in [6.07, 6.45) is 5.55. The largest absolute Gasteiger partial charge is 0.480 e. The quantitative estimate of drug-likeness (QED) is 0.865. The monoisotopic (exact) mass is 279 g/mol. The van der Waals surface area contributed by atoms with Crippen LogP contribution in [0.5, 0.6) is 0 Å². The fourth-order valence-corrected chi connectivity index (χ4v) is 3.07. The molecule has 1 atom stereocenters. The van der Waals surface area contributed by atoms with E-state index < -0.39 is 12.0 Å². The topological polar surface area (TPSA) is 57.6 Å². The minimum absolute atomic E-state index is 0.208. The van der Waals surface area contributed by atoms with Crippen molar-refractivity contribution in [2.24, 2.45) is 0 Å². The zero-order chi connectivity index (χ0) is 13.8. The van der Waals surface area contributed by atoms with Crippen LogP contribution >= 0.6 is 11.3 Å². The highest BCUT2D eigenvalue weighted by molar-refractivity contribution is 7.11. The molecule has 5 heteroatoms. The van der Waals surface area contributed by atoms with Crippen molar-refractivity contribution in [1.29, 1.82) is 0 Å². The average molecular weight is 279 g/mol. The van der Waals surface area contributed by atoms with Crippen LogP contribution in [0.15, 0.2) is 17.5 Å². The predicted molar refractivity (Wildman–Crippen MR) is 75.1 cm³/mol. The minimum Gasteiger partial charge on any atom is -0.480 e. The highest BCUT2D eigenvalue weighted by atomic mass is 32.1. The van der Waals surface area contributed by atoms with E-state index >= 15 is 0 Å². The molecule has 1 aliphatic rings. The fraction of sp³-hybridized carbons (Fsp3) is 0.429. The van der Waals surface area contributed by atoms with Crippen LogP contribution in [-0.2, 0) is 9.59 Å². The first-order valence-electron chi connectivity index (χ1n) is 6.35. The lowest BCUT2D eigenvalue weighted by Gasteiger charge is -2.32. The first kappa shape index (κ1) is 13.8. The van der Waals surface area contributed by atoms with E-state index in [1.165, 1.54) is 11.0 Å². The normalized spacial score (nSPS) is 19.8. The van der Waals surface area contributed by atoms with Gasteiger partial charge in [0.2, 0.25) is 5.91 Å². The molecule has 0 aromatic carbocycles. The van der Waals surface area contributed by atoms with Crippen LogP contribution in [0, 0.1) is 6.92 Å². The maximum Gasteiger partial charge on any atom is 0.326 e. The lowest BCUT2D eigenvalue weighted by Crippen LogP contribution is -2.47. The third kappa shape index (κ3) is 3.23. The van der Waals surface area contributed by atoms with Crippen LogP contribution in [0.3, 0.4) is 0 Å². The van der Waals surface area contributed by atoms with Crippen molar-refractivity contribution in [1.82, 2.24) is 4.90 Å². The number of hydrogen-bond acceptors (Lipinski definition) is 3. The smallest absolute Gasteiger partial charge is 0.326 e. The number of carbonyl (C=O) groups is 2. The average Bonchev–Trinajstić information content (AvgIpc) is 2.81. The molecule has 1 saturated heterocycles. The van der Waals surface area contributed by atoms with E-state index in [1.54, 1.807) is 17.4 Å². The Morgan fingerprint density at radius 1 is 1.47 bits per heavy atom. The summed E-state index contributed by atoms with van der Waals surface area (Å²) in [5.74, 6) is -1.12. The molecular weight excluding hydrogens is 262 g/mol. The van der Waals surface area contributed by atoms with Gasteiger partial charge in [0.05, 0.1) is 0 Å². The molecule has 1 N–H and O–H groups in total. The summed E-state index contributed by atoms with van der Waals surface area (Å²) in [4.78, 5) is 25.7. The summed E-state index contributed by atoms with van der Waals surface area (Å²) >= 11 is 1.57. The molecule has 1 aromatic heterocycles. The van der Waals surface area contributed by atoms with E-state index in [9.17, 15) is 9.59 Å². The van der Waals surface area contributed by atoms with Gasteiger partial charge in [0.1, 0.15) is 6.04 Å². The number of thiophene rings is 1. The molecule has 0 bridgehead atoms. The van der Waals surface area contributed by atoms with Gasteiger partial charge < -0.3 is 10.0 Å². The van der Waals surface area contributed by atoms with Crippen LogP contribution in [0.1, 0.15) is 29.7 Å². The molecule has 0 radical (unpaired) electrons. The number of aryl methyl sites for hydroxylation is 1. The molecule has 1 amide bonds. The second-order valence-electron chi connectivity index (χ2n) is 4.68. The van der Waals surface area contributed by atoms with Crippen LogP contribution in [0.2, 0.25) is 0 Å². The van der Waals surface area contributed by atoms with Crippen LogP contribution in [-0.4, -0.2) is 34.5 Å². The lowest BCUT2D eigenvalue weighted by molar-refractivity contribution is -0.150. The number of likely N-dealkylation sites (tertiary alicyclic amines) is 1. The number of carboxylic acid groups (broad SMARTS) is 1. The van der Waals surface area contributed by atoms with Crippen molar-refractivity contribution in [3.8, 4) is 0 Å². The van der Waals surface area contributed by atoms with Gasteiger partial charge >= 0.3 is 5.97 Å². The molecule has 0 spiro atoms. The van der Waals surface area contributed by atoms with Crippen molar-refractivity contribution in [3.05, 3.63) is 28.0 Å². The van der Waals surface area contributed by atoms with Crippen molar-refractivity contribution in [3.63, 3.8) is 0 Å². The second-order valence-corrected chi connectivity index (χ2v) is 5.63. The number of aliphatic carboxylic acids is 1. The van der Waals surface area contributed by atoms with Gasteiger partial charge in [-0.05, 0) is 49.3 Å². The van der Waals surface area contributed by atoms with Crippen molar-refractivity contribution >= 4 is 29.3 Å². The van der Waals surface area contributed by atoms with Crippen molar-refractivity contribution in [2.75, 3.05) is 6.54 Å². The number of hydrogen-bond donors (Lipinski definition) is 1. The van der Waals surface area contributed by atoms with Crippen LogP contribution in [0.4, 0.5) is 0 Å². The van der Waals surface area contributed by atoms with Gasteiger partial charge in [-0.1, -0.05) is 0 Å². The molecule has 4 nitrogen and oxygen atoms in total. The van der Waals surface area contributed by atoms with E-state index in [0.717, 1.165) is 23.3 Å². The highest BCUT2D eigenvalue weighted by Gasteiger charge is 2.30. The van der Waals surface area contributed by atoms with Gasteiger partial charge in [0.15, 0.2) is 0 Å². The Morgan fingerprint density at radius 3 is 2.89 bits per heavy atom. The molecule has 2 rings (SSSR count). The molecule has 0 unspecified atom stereocenters. The standard InChI is InChI=1S/C14H17NO3S/c1-10-7-9-19-12(10)5-6-13(16)15-8-3-2-4-11(15)14(17)18/h5-7,9,11H,2-4,8H2,1H3,(H,17,18)/t11-/m0/s1. The fourth-order valence-electron chi connectivity index (χ4n) is 2.25. The van der Waals surface area contributed by atoms with Crippen molar-refractivity contribution < 1.29 is 14.7 Å². The third-order valence-electron chi connectivity index (χ3n) is 3.35. The molecule has 0 aliphatic carbocycles. The second kappa shape index (κ2) is 6.02. The zero-order valence-electron chi connectivity index (χ0n) is 10.8. The number of amides is 1. The molecule has 1 aromatic rings. The number of piperidine rings is 1. The van der Waals surface area contributed by atoms with Gasteiger partial charge in [-0.3, -0.25) is 4.79 Å². The molecule has 19 heavy (non-hydrogen) atoms. The molecule has 1 fully saturated rings. The highest BCUT2D eigenvalue weighted by Crippen LogP contribution is 2.20. The van der Waals surface area contributed by atoms with Gasteiger partial charge in [-0.15, -0.1) is 11.3 Å². The summed E-state index contributed by atoms with van der Waals surface area (Å²) in [6, 6.07) is 1.32. The number of carboxylic acids is 1. The Kier molecular flexibility index (Phi) is 4.37. The Balaban J connectivity index is 2.08. The Morgan fingerprint density at radius 2 is 2.26 bits per heavy atom. The maximum atomic E-state index is 12.1. The van der Waals surface area contributed by atoms with E-state index in [2.05, 4.69) is 0 Å². The molecule has 102 valence electrons. The molecule has 2 heterocycles.